The Bertz CT molecular complexity index is 595. The maximum atomic E-state index is 12.1. The molecule has 0 fully saturated rings. The van der Waals surface area contributed by atoms with Gasteiger partial charge in [-0.05, 0) is 42.2 Å². The van der Waals surface area contributed by atoms with Gasteiger partial charge in [0.05, 0.1) is 17.9 Å². The molecule has 19 heavy (non-hydrogen) atoms. The van der Waals surface area contributed by atoms with Crippen molar-refractivity contribution < 1.29 is 9.53 Å². The minimum atomic E-state index is -0.355. The molecule has 0 unspecified atom stereocenters. The molecule has 0 aromatic carbocycles. The Morgan fingerprint density at radius 2 is 1.84 bits per heavy atom. The van der Waals surface area contributed by atoms with E-state index in [9.17, 15) is 4.79 Å². The van der Waals surface area contributed by atoms with Crippen LogP contribution >= 0.6 is 15.9 Å². The van der Waals surface area contributed by atoms with Crippen LogP contribution in [-0.2, 0) is 11.2 Å². The number of hydrogen-bond donors (Lipinski definition) is 1. The Labute approximate surface area is 121 Å². The van der Waals surface area contributed by atoms with E-state index in [-0.39, 0.29) is 5.97 Å². The average molecular weight is 322 g/mol. The smallest absolute Gasteiger partial charge is 0.340 e. The third-order valence-electron chi connectivity index (χ3n) is 3.13. The third-order valence-corrected chi connectivity index (χ3v) is 3.66. The lowest BCUT2D eigenvalue weighted by atomic mass is 10.1. The molecule has 0 saturated carbocycles. The minimum absolute atomic E-state index is 0.342. The number of halogens is 1. The van der Waals surface area contributed by atoms with E-state index in [1.54, 1.807) is 6.92 Å². The van der Waals surface area contributed by atoms with Crippen molar-refractivity contribution in [3.05, 3.63) is 39.9 Å². The summed E-state index contributed by atoms with van der Waals surface area (Å²) in [6.07, 6.45) is 0.781. The summed E-state index contributed by atoms with van der Waals surface area (Å²) in [6.45, 7) is 4.16. The van der Waals surface area contributed by atoms with Crippen LogP contribution in [0.1, 0.15) is 29.8 Å². The maximum Gasteiger partial charge on any atom is 0.340 e. The minimum Gasteiger partial charge on any atom is -0.462 e. The summed E-state index contributed by atoms with van der Waals surface area (Å²) in [5, 5.41) is 0. The molecule has 0 saturated heterocycles. The number of fused-ring (bicyclic) bond motifs is 1. The molecule has 2 aliphatic carbocycles. The third kappa shape index (κ3) is 2.45. The number of carbonyl (C=O) groups excluding carboxylic acids is 1. The predicted molar refractivity (Wildman–Crippen MR) is 80.5 cm³/mol. The molecule has 0 radical (unpaired) electrons. The van der Waals surface area contributed by atoms with Gasteiger partial charge in [0.1, 0.15) is 0 Å². The SMILES string of the molecule is CCOC(=O)c1c2ccc(Br)ccc-2c(CC)c1N. The van der Waals surface area contributed by atoms with E-state index in [0.717, 1.165) is 27.6 Å². The monoisotopic (exact) mass is 321 g/mol. The molecular weight excluding hydrogens is 306 g/mol. The highest BCUT2D eigenvalue weighted by Crippen LogP contribution is 2.39. The predicted octanol–water partition coefficient (Wildman–Crippen LogP) is 3.88. The average Bonchev–Trinajstić information content (AvgIpc) is 2.51. The van der Waals surface area contributed by atoms with Crippen molar-refractivity contribution >= 4 is 27.6 Å². The molecule has 4 heteroatoms. The number of nitrogens with two attached hydrogens (primary N) is 1. The summed E-state index contributed by atoms with van der Waals surface area (Å²) in [5.74, 6) is -0.355. The number of carbonyl (C=O) groups is 1. The first kappa shape index (κ1) is 13.9. The van der Waals surface area contributed by atoms with Crippen molar-refractivity contribution in [3.63, 3.8) is 0 Å². The van der Waals surface area contributed by atoms with Gasteiger partial charge in [0.2, 0.25) is 0 Å². The zero-order valence-corrected chi connectivity index (χ0v) is 12.6. The standard InChI is InChI=1S/C15H16BrNO2/c1-3-10-11-7-5-9(16)6-8-12(11)13(14(10)17)15(18)19-4-2/h5-8H,3-4,17H2,1-2H3. The molecular formula is C15H16BrNO2. The summed E-state index contributed by atoms with van der Waals surface area (Å²) < 4.78 is 6.06. The molecule has 2 aliphatic rings. The van der Waals surface area contributed by atoms with Crippen LogP contribution in [0, 0.1) is 0 Å². The van der Waals surface area contributed by atoms with Gasteiger partial charge < -0.3 is 10.5 Å². The molecule has 0 amide bonds. The molecule has 0 aromatic heterocycles. The van der Waals surface area contributed by atoms with Crippen LogP contribution in [0.25, 0.3) is 11.1 Å². The highest BCUT2D eigenvalue weighted by atomic mass is 79.9. The van der Waals surface area contributed by atoms with Crippen LogP contribution in [0.3, 0.4) is 0 Å². The van der Waals surface area contributed by atoms with Crippen molar-refractivity contribution in [2.45, 2.75) is 20.3 Å². The van der Waals surface area contributed by atoms with Crippen LogP contribution in [0.4, 0.5) is 5.69 Å². The fraction of sp³-hybridized carbons (Fsp3) is 0.267. The van der Waals surface area contributed by atoms with E-state index >= 15 is 0 Å². The normalized spacial score (nSPS) is 10.7. The fourth-order valence-electron chi connectivity index (χ4n) is 2.29. The lowest BCUT2D eigenvalue weighted by molar-refractivity contribution is 0.0529. The van der Waals surface area contributed by atoms with Crippen molar-refractivity contribution in [2.75, 3.05) is 12.3 Å². The first-order chi connectivity index (χ1) is 9.10. The van der Waals surface area contributed by atoms with Gasteiger partial charge in [0, 0.05) is 4.47 Å². The first-order valence-electron chi connectivity index (χ1n) is 6.26. The van der Waals surface area contributed by atoms with Gasteiger partial charge in [-0.3, -0.25) is 0 Å². The van der Waals surface area contributed by atoms with E-state index in [1.807, 2.05) is 31.2 Å². The highest BCUT2D eigenvalue weighted by molar-refractivity contribution is 9.10. The molecule has 0 aromatic rings. The van der Waals surface area contributed by atoms with Crippen molar-refractivity contribution in [3.8, 4) is 11.1 Å². The second-order valence-corrected chi connectivity index (χ2v) is 5.14. The Kier molecular flexibility index (Phi) is 4.10. The summed E-state index contributed by atoms with van der Waals surface area (Å²) in [5.41, 5.74) is 10.0. The van der Waals surface area contributed by atoms with Crippen LogP contribution in [0.5, 0.6) is 0 Å². The fourth-order valence-corrected chi connectivity index (χ4v) is 2.55. The number of anilines is 1. The van der Waals surface area contributed by atoms with E-state index in [1.165, 1.54) is 0 Å². The van der Waals surface area contributed by atoms with Crippen molar-refractivity contribution in [1.82, 2.24) is 0 Å². The van der Waals surface area contributed by atoms with E-state index in [2.05, 4.69) is 15.9 Å². The van der Waals surface area contributed by atoms with Gasteiger partial charge >= 0.3 is 5.97 Å². The molecule has 2 N–H and O–H groups in total. The molecule has 0 aliphatic heterocycles. The van der Waals surface area contributed by atoms with Crippen LogP contribution in [-0.4, -0.2) is 12.6 Å². The van der Waals surface area contributed by atoms with E-state index in [4.69, 9.17) is 10.5 Å². The Morgan fingerprint density at radius 3 is 2.42 bits per heavy atom. The first-order valence-corrected chi connectivity index (χ1v) is 7.06. The molecule has 2 rings (SSSR count). The molecule has 0 heterocycles. The van der Waals surface area contributed by atoms with Gasteiger partial charge in [-0.15, -0.1) is 0 Å². The molecule has 0 bridgehead atoms. The van der Waals surface area contributed by atoms with Crippen LogP contribution < -0.4 is 5.73 Å². The summed E-state index contributed by atoms with van der Waals surface area (Å²) in [4.78, 5) is 12.1. The lowest BCUT2D eigenvalue weighted by Crippen LogP contribution is -2.07. The highest BCUT2D eigenvalue weighted by Gasteiger charge is 2.25. The lowest BCUT2D eigenvalue weighted by Gasteiger charge is -2.02. The Balaban J connectivity index is 2.71. The van der Waals surface area contributed by atoms with Crippen molar-refractivity contribution in [1.29, 1.82) is 0 Å². The summed E-state index contributed by atoms with van der Waals surface area (Å²) in [7, 11) is 0. The summed E-state index contributed by atoms with van der Waals surface area (Å²) in [6, 6.07) is 7.75. The molecule has 0 atom stereocenters. The van der Waals surface area contributed by atoms with Crippen molar-refractivity contribution in [2.24, 2.45) is 0 Å². The quantitative estimate of drug-likeness (QED) is 0.873. The molecule has 0 spiro atoms. The van der Waals surface area contributed by atoms with Gasteiger partial charge in [-0.25, -0.2) is 4.79 Å². The number of esters is 1. The summed E-state index contributed by atoms with van der Waals surface area (Å²) >= 11 is 3.43. The zero-order valence-electron chi connectivity index (χ0n) is 11.0. The van der Waals surface area contributed by atoms with Gasteiger partial charge in [0.25, 0.3) is 0 Å². The number of ether oxygens (including phenoxy) is 1. The Morgan fingerprint density at radius 1 is 1.21 bits per heavy atom. The van der Waals surface area contributed by atoms with Gasteiger partial charge in [-0.1, -0.05) is 35.0 Å². The van der Waals surface area contributed by atoms with Crippen LogP contribution in [0.15, 0.2) is 28.7 Å². The Hall–Kier alpha value is -1.55. The largest absolute Gasteiger partial charge is 0.462 e. The van der Waals surface area contributed by atoms with E-state index < -0.39 is 0 Å². The van der Waals surface area contributed by atoms with E-state index in [0.29, 0.717) is 17.9 Å². The maximum absolute atomic E-state index is 12.1. The number of rotatable bonds is 3. The van der Waals surface area contributed by atoms with Gasteiger partial charge in [-0.2, -0.15) is 0 Å². The zero-order chi connectivity index (χ0) is 14.0. The molecule has 3 nitrogen and oxygen atoms in total. The molecule has 100 valence electrons. The topological polar surface area (TPSA) is 52.3 Å². The number of nitrogen functional groups attached to an aromatic ring is 1. The number of hydrogen-bond acceptors (Lipinski definition) is 3. The second kappa shape index (κ2) is 5.61. The van der Waals surface area contributed by atoms with Gasteiger partial charge in [0.15, 0.2) is 0 Å². The van der Waals surface area contributed by atoms with Crippen LogP contribution in [0.2, 0.25) is 0 Å². The second-order valence-electron chi connectivity index (χ2n) is 4.22.